The molecule has 4 nitrogen and oxygen atoms in total. The van der Waals surface area contributed by atoms with Gasteiger partial charge in [0.1, 0.15) is 10.9 Å². The van der Waals surface area contributed by atoms with Crippen LogP contribution < -0.4 is 4.72 Å². The van der Waals surface area contributed by atoms with Crippen LogP contribution in [0.1, 0.15) is 6.92 Å². The van der Waals surface area contributed by atoms with Crippen molar-refractivity contribution in [3.63, 3.8) is 0 Å². The molecule has 0 aliphatic carbocycles. The molecule has 1 rings (SSSR count). The van der Waals surface area contributed by atoms with Gasteiger partial charge in [-0.15, -0.1) is 0 Å². The molecule has 0 bridgehead atoms. The van der Waals surface area contributed by atoms with Gasteiger partial charge in [-0.05, 0) is 19.1 Å². The van der Waals surface area contributed by atoms with Gasteiger partial charge in [0.05, 0.1) is 16.1 Å². The van der Waals surface area contributed by atoms with Crippen LogP contribution in [0.3, 0.4) is 0 Å². The molecule has 1 aromatic carbocycles. The molecule has 1 atom stereocenters. The molecule has 0 spiro atoms. The van der Waals surface area contributed by atoms with E-state index in [4.69, 9.17) is 28.5 Å². The first-order valence-electron chi connectivity index (χ1n) is 4.34. The molecule has 0 saturated heterocycles. The number of rotatable bonds is 3. The number of benzene rings is 1. The van der Waals surface area contributed by atoms with Crippen molar-refractivity contribution in [3.05, 3.63) is 26.7 Å². The maximum atomic E-state index is 11.9. The van der Waals surface area contributed by atoms with Gasteiger partial charge in [-0.25, -0.2) is 8.42 Å². The lowest BCUT2D eigenvalue weighted by Crippen LogP contribution is -2.31. The molecule has 92 valence electrons. The van der Waals surface area contributed by atoms with Crippen molar-refractivity contribution in [2.45, 2.75) is 17.9 Å². The largest absolute Gasteiger partial charge is 0.244 e. The van der Waals surface area contributed by atoms with E-state index >= 15 is 0 Å². The van der Waals surface area contributed by atoms with Crippen molar-refractivity contribution in [3.8, 4) is 6.07 Å². The number of hydrogen-bond acceptors (Lipinski definition) is 3. The van der Waals surface area contributed by atoms with E-state index in [1.54, 1.807) is 6.07 Å². The van der Waals surface area contributed by atoms with Crippen LogP contribution in [0.25, 0.3) is 0 Å². The number of halogens is 3. The molecule has 0 fully saturated rings. The first kappa shape index (κ1) is 14.7. The number of nitriles is 1. The second kappa shape index (κ2) is 5.55. The molecule has 0 amide bonds. The smallest absolute Gasteiger partial charge is 0.207 e. The summed E-state index contributed by atoms with van der Waals surface area (Å²) in [4.78, 5) is -0.230. The summed E-state index contributed by atoms with van der Waals surface area (Å²) in [5, 5.41) is 8.55. The Morgan fingerprint density at radius 3 is 2.29 bits per heavy atom. The predicted molar refractivity (Wildman–Crippen MR) is 69.6 cm³/mol. The fraction of sp³-hybridized carbons (Fsp3) is 0.222. The van der Waals surface area contributed by atoms with Gasteiger partial charge >= 0.3 is 0 Å². The van der Waals surface area contributed by atoms with Crippen molar-refractivity contribution < 1.29 is 8.42 Å². The number of nitrogens with one attached hydrogen (secondary N) is 1. The third-order valence-corrected chi connectivity index (χ3v) is 4.68. The second-order valence-electron chi connectivity index (χ2n) is 3.17. The SMILES string of the molecule is CC(C#N)NS(=O)(=O)c1c(Cl)cc(Br)cc1Cl. The number of sulfonamides is 1. The van der Waals surface area contributed by atoms with Crippen molar-refractivity contribution in [2.75, 3.05) is 0 Å². The Kier molecular flexibility index (Phi) is 4.81. The Balaban J connectivity index is 3.31. The maximum absolute atomic E-state index is 11.9. The van der Waals surface area contributed by atoms with Crippen LogP contribution in [0.4, 0.5) is 0 Å². The maximum Gasteiger partial charge on any atom is 0.244 e. The molecule has 1 aromatic rings. The fourth-order valence-electron chi connectivity index (χ4n) is 1.10. The van der Waals surface area contributed by atoms with Gasteiger partial charge in [-0.3, -0.25) is 0 Å². The van der Waals surface area contributed by atoms with Gasteiger partial charge in [-0.1, -0.05) is 39.1 Å². The monoisotopic (exact) mass is 356 g/mol. The minimum atomic E-state index is -3.91. The van der Waals surface area contributed by atoms with Crippen molar-refractivity contribution in [1.29, 1.82) is 5.26 Å². The zero-order chi connectivity index (χ0) is 13.2. The molecule has 1 N–H and O–H groups in total. The van der Waals surface area contributed by atoms with Crippen molar-refractivity contribution in [2.24, 2.45) is 0 Å². The average molecular weight is 358 g/mol. The zero-order valence-corrected chi connectivity index (χ0v) is 12.5. The Morgan fingerprint density at radius 1 is 1.41 bits per heavy atom. The van der Waals surface area contributed by atoms with Gasteiger partial charge in [-0.2, -0.15) is 9.98 Å². The minimum absolute atomic E-state index is 0.0120. The van der Waals surface area contributed by atoms with Crippen LogP contribution in [0, 0.1) is 11.3 Å². The Hall–Kier alpha value is -0.320. The second-order valence-corrected chi connectivity index (χ2v) is 6.55. The van der Waals surface area contributed by atoms with Gasteiger partial charge in [0.25, 0.3) is 0 Å². The summed E-state index contributed by atoms with van der Waals surface area (Å²) >= 11 is 14.8. The van der Waals surface area contributed by atoms with E-state index in [0.717, 1.165) is 0 Å². The van der Waals surface area contributed by atoms with E-state index in [0.29, 0.717) is 4.47 Å². The van der Waals surface area contributed by atoms with Gasteiger partial charge in [0, 0.05) is 4.47 Å². The van der Waals surface area contributed by atoms with E-state index in [1.807, 2.05) is 0 Å². The van der Waals surface area contributed by atoms with Gasteiger partial charge in [0.15, 0.2) is 0 Å². The Bertz CT molecular complexity index is 560. The highest BCUT2D eigenvalue weighted by molar-refractivity contribution is 9.10. The number of nitrogens with zero attached hydrogens (tertiary/aromatic N) is 1. The molecular formula is C9H7BrCl2N2O2S. The Labute approximate surface area is 118 Å². The lowest BCUT2D eigenvalue weighted by molar-refractivity contribution is 0.577. The molecule has 17 heavy (non-hydrogen) atoms. The summed E-state index contributed by atoms with van der Waals surface area (Å²) in [7, 11) is -3.91. The van der Waals surface area contributed by atoms with E-state index in [9.17, 15) is 8.42 Å². The molecular weight excluding hydrogens is 351 g/mol. The standard InChI is InChI=1S/C9H7BrCl2N2O2S/c1-5(4-13)14-17(15,16)9-7(11)2-6(10)3-8(9)12/h2-3,5,14H,1H3. The van der Waals surface area contributed by atoms with Gasteiger partial charge in [0.2, 0.25) is 10.0 Å². The quantitative estimate of drug-likeness (QED) is 0.903. The normalized spacial score (nSPS) is 13.1. The summed E-state index contributed by atoms with van der Waals surface area (Å²) in [5.74, 6) is 0. The molecule has 0 heterocycles. The van der Waals surface area contributed by atoms with Crippen LogP contribution in [0.5, 0.6) is 0 Å². The molecule has 0 saturated carbocycles. The average Bonchev–Trinajstić information content (AvgIpc) is 2.14. The molecule has 0 radical (unpaired) electrons. The highest BCUT2D eigenvalue weighted by Gasteiger charge is 2.24. The third kappa shape index (κ3) is 3.57. The van der Waals surface area contributed by atoms with Crippen molar-refractivity contribution >= 4 is 49.2 Å². The van der Waals surface area contributed by atoms with Crippen LogP contribution in [0.2, 0.25) is 10.0 Å². The van der Waals surface area contributed by atoms with E-state index in [1.165, 1.54) is 19.1 Å². The first-order valence-corrected chi connectivity index (χ1v) is 7.37. The molecule has 0 aliphatic rings. The summed E-state index contributed by atoms with van der Waals surface area (Å²) in [5.41, 5.74) is 0. The summed E-state index contributed by atoms with van der Waals surface area (Å²) in [6.07, 6.45) is 0. The molecule has 0 aromatic heterocycles. The highest BCUT2D eigenvalue weighted by atomic mass is 79.9. The molecule has 1 unspecified atom stereocenters. The highest BCUT2D eigenvalue weighted by Crippen LogP contribution is 2.32. The van der Waals surface area contributed by atoms with Crippen LogP contribution >= 0.6 is 39.1 Å². The third-order valence-electron chi connectivity index (χ3n) is 1.76. The van der Waals surface area contributed by atoms with Gasteiger partial charge < -0.3 is 0 Å². The van der Waals surface area contributed by atoms with E-state index in [2.05, 4.69) is 20.7 Å². The summed E-state index contributed by atoms with van der Waals surface area (Å²) in [6, 6.07) is 3.72. The summed E-state index contributed by atoms with van der Waals surface area (Å²) in [6.45, 7) is 1.41. The van der Waals surface area contributed by atoms with E-state index in [-0.39, 0.29) is 14.9 Å². The van der Waals surface area contributed by atoms with E-state index < -0.39 is 16.1 Å². The Morgan fingerprint density at radius 2 is 1.88 bits per heavy atom. The van der Waals surface area contributed by atoms with Crippen LogP contribution in [-0.4, -0.2) is 14.5 Å². The lowest BCUT2D eigenvalue weighted by atomic mass is 10.4. The minimum Gasteiger partial charge on any atom is -0.207 e. The molecule has 0 aliphatic heterocycles. The predicted octanol–water partition coefficient (Wildman–Crippen LogP) is 2.95. The van der Waals surface area contributed by atoms with Crippen LogP contribution in [0.15, 0.2) is 21.5 Å². The van der Waals surface area contributed by atoms with Crippen LogP contribution in [-0.2, 0) is 10.0 Å². The first-order chi connectivity index (χ1) is 7.77. The zero-order valence-electron chi connectivity index (χ0n) is 8.54. The summed E-state index contributed by atoms with van der Waals surface area (Å²) < 4.78 is 26.5. The van der Waals surface area contributed by atoms with Crippen molar-refractivity contribution in [1.82, 2.24) is 4.72 Å². The lowest BCUT2D eigenvalue weighted by Gasteiger charge is -2.11. The fourth-order valence-corrected chi connectivity index (χ4v) is 4.19. The number of hydrogen-bond donors (Lipinski definition) is 1. The molecule has 8 heteroatoms. The topological polar surface area (TPSA) is 70.0 Å².